The summed E-state index contributed by atoms with van der Waals surface area (Å²) in [5.74, 6) is 4.25. The van der Waals surface area contributed by atoms with Gasteiger partial charge in [0.2, 0.25) is 0 Å². The lowest BCUT2D eigenvalue weighted by molar-refractivity contribution is 0.116. The summed E-state index contributed by atoms with van der Waals surface area (Å²) in [4.78, 5) is 0. The molecule has 4 fully saturated rings. The van der Waals surface area contributed by atoms with Crippen molar-refractivity contribution in [1.29, 1.82) is 0 Å². The molecule has 25 heavy (non-hydrogen) atoms. The maximum absolute atomic E-state index is 4.23. The van der Waals surface area contributed by atoms with E-state index < -0.39 is 0 Å². The third-order valence-electron chi connectivity index (χ3n) is 8.60. The smallest absolute Gasteiger partial charge is 0.0101 e. The molecule has 0 saturated heterocycles. The Balaban J connectivity index is 1.28. The molecule has 1 nitrogen and oxygen atoms in total. The summed E-state index contributed by atoms with van der Waals surface area (Å²) in [6.07, 6.45) is 27.3. The highest BCUT2D eigenvalue weighted by Gasteiger charge is 2.36. The minimum Gasteiger partial charge on any atom is -0.311 e. The standard InChI is InChI=1S/C24H43N/c1-2-4-10-19(9-3-1)20-12-7-14-22(18-17-20)25-24-16-8-13-21-11-5-6-15-23(21)24/h19-25H,1-18H2. The summed E-state index contributed by atoms with van der Waals surface area (Å²) in [5.41, 5.74) is 0. The molecule has 4 aliphatic carbocycles. The molecule has 0 radical (unpaired) electrons. The Morgan fingerprint density at radius 3 is 1.88 bits per heavy atom. The molecule has 0 spiro atoms. The van der Waals surface area contributed by atoms with Crippen molar-refractivity contribution in [3.63, 3.8) is 0 Å². The SMILES string of the molecule is C1CCCC(C2CCCC(NC3CCCC4CCCCC43)CC2)CC1. The molecule has 0 aromatic heterocycles. The van der Waals surface area contributed by atoms with Crippen LogP contribution in [0.15, 0.2) is 0 Å². The first kappa shape index (κ1) is 18.3. The molecule has 4 saturated carbocycles. The van der Waals surface area contributed by atoms with Gasteiger partial charge in [0.1, 0.15) is 0 Å². The van der Waals surface area contributed by atoms with Crippen LogP contribution in [0.5, 0.6) is 0 Å². The largest absolute Gasteiger partial charge is 0.311 e. The summed E-state index contributed by atoms with van der Waals surface area (Å²) in [5, 5.41) is 4.23. The van der Waals surface area contributed by atoms with E-state index in [1.54, 1.807) is 19.3 Å². The average Bonchev–Trinajstić information content (AvgIpc) is 3.05. The summed E-state index contributed by atoms with van der Waals surface area (Å²) in [6.45, 7) is 0. The van der Waals surface area contributed by atoms with Crippen LogP contribution in [0.1, 0.15) is 116 Å². The Morgan fingerprint density at radius 2 is 1.00 bits per heavy atom. The molecule has 0 aliphatic heterocycles. The molecule has 4 rings (SSSR count). The van der Waals surface area contributed by atoms with Crippen LogP contribution in [-0.2, 0) is 0 Å². The first-order valence-electron chi connectivity index (χ1n) is 12.2. The number of hydrogen-bond acceptors (Lipinski definition) is 1. The second-order valence-corrected chi connectivity index (χ2v) is 10.1. The summed E-state index contributed by atoms with van der Waals surface area (Å²) in [7, 11) is 0. The van der Waals surface area contributed by atoms with Gasteiger partial charge in [-0.15, -0.1) is 0 Å². The molecule has 0 heterocycles. The highest BCUT2D eigenvalue weighted by Crippen LogP contribution is 2.42. The third kappa shape index (κ3) is 4.82. The summed E-state index contributed by atoms with van der Waals surface area (Å²) in [6, 6.07) is 1.72. The lowest BCUT2D eigenvalue weighted by Gasteiger charge is -2.43. The predicted molar refractivity (Wildman–Crippen MR) is 108 cm³/mol. The Kier molecular flexibility index (Phi) is 6.78. The molecule has 0 aromatic rings. The normalized spacial score (nSPS) is 41.5. The van der Waals surface area contributed by atoms with E-state index in [0.29, 0.717) is 0 Å². The Hall–Kier alpha value is -0.0400. The molecule has 0 aromatic carbocycles. The van der Waals surface area contributed by atoms with Crippen molar-refractivity contribution in [2.45, 2.75) is 128 Å². The van der Waals surface area contributed by atoms with Crippen LogP contribution in [0.3, 0.4) is 0 Å². The summed E-state index contributed by atoms with van der Waals surface area (Å²) >= 11 is 0. The maximum atomic E-state index is 4.23. The quantitative estimate of drug-likeness (QED) is 0.551. The zero-order valence-electron chi connectivity index (χ0n) is 16.7. The molecular formula is C24H43N. The fourth-order valence-electron chi connectivity index (χ4n) is 7.20. The minimum absolute atomic E-state index is 0.849. The monoisotopic (exact) mass is 345 g/mol. The first-order chi connectivity index (χ1) is 12.4. The number of hydrogen-bond donors (Lipinski definition) is 1. The van der Waals surface area contributed by atoms with Crippen molar-refractivity contribution in [3.05, 3.63) is 0 Å². The van der Waals surface area contributed by atoms with Gasteiger partial charge in [-0.3, -0.25) is 0 Å². The molecule has 5 atom stereocenters. The highest BCUT2D eigenvalue weighted by atomic mass is 15.0. The van der Waals surface area contributed by atoms with Crippen molar-refractivity contribution < 1.29 is 0 Å². The molecule has 144 valence electrons. The Bertz CT molecular complexity index is 382. The molecule has 5 unspecified atom stereocenters. The Morgan fingerprint density at radius 1 is 0.400 bits per heavy atom. The van der Waals surface area contributed by atoms with Crippen LogP contribution in [0.2, 0.25) is 0 Å². The highest BCUT2D eigenvalue weighted by molar-refractivity contribution is 4.91. The van der Waals surface area contributed by atoms with E-state index in [0.717, 1.165) is 35.8 Å². The van der Waals surface area contributed by atoms with Crippen molar-refractivity contribution in [1.82, 2.24) is 5.32 Å². The maximum Gasteiger partial charge on any atom is 0.0101 e. The minimum atomic E-state index is 0.849. The fraction of sp³-hybridized carbons (Fsp3) is 1.00. The van der Waals surface area contributed by atoms with Crippen molar-refractivity contribution in [2.75, 3.05) is 0 Å². The van der Waals surface area contributed by atoms with Crippen LogP contribution in [0.25, 0.3) is 0 Å². The van der Waals surface area contributed by atoms with E-state index in [-0.39, 0.29) is 0 Å². The zero-order chi connectivity index (χ0) is 16.9. The van der Waals surface area contributed by atoms with Crippen molar-refractivity contribution in [3.8, 4) is 0 Å². The second-order valence-electron chi connectivity index (χ2n) is 10.1. The van der Waals surface area contributed by atoms with E-state index in [2.05, 4.69) is 5.32 Å². The van der Waals surface area contributed by atoms with Gasteiger partial charge in [-0.1, -0.05) is 83.5 Å². The van der Waals surface area contributed by atoms with Gasteiger partial charge in [0.25, 0.3) is 0 Å². The second kappa shape index (κ2) is 9.25. The summed E-state index contributed by atoms with van der Waals surface area (Å²) < 4.78 is 0. The lowest BCUT2D eigenvalue weighted by atomic mass is 9.68. The van der Waals surface area contributed by atoms with Crippen LogP contribution < -0.4 is 5.32 Å². The number of nitrogens with one attached hydrogen (secondary N) is 1. The molecule has 0 amide bonds. The lowest BCUT2D eigenvalue weighted by Crippen LogP contribution is -2.48. The number of fused-ring (bicyclic) bond motifs is 1. The predicted octanol–water partition coefficient (Wildman–Crippen LogP) is 6.85. The molecule has 4 aliphatic rings. The van der Waals surface area contributed by atoms with Crippen molar-refractivity contribution >= 4 is 0 Å². The fourth-order valence-corrected chi connectivity index (χ4v) is 7.20. The topological polar surface area (TPSA) is 12.0 Å². The van der Waals surface area contributed by atoms with E-state index in [9.17, 15) is 0 Å². The number of rotatable bonds is 3. The van der Waals surface area contributed by atoms with Gasteiger partial charge in [-0.05, 0) is 55.8 Å². The Labute approximate surface area is 157 Å². The van der Waals surface area contributed by atoms with Gasteiger partial charge in [0.15, 0.2) is 0 Å². The van der Waals surface area contributed by atoms with Gasteiger partial charge in [0.05, 0.1) is 0 Å². The van der Waals surface area contributed by atoms with Crippen LogP contribution >= 0.6 is 0 Å². The van der Waals surface area contributed by atoms with Crippen LogP contribution in [0.4, 0.5) is 0 Å². The zero-order valence-corrected chi connectivity index (χ0v) is 16.7. The van der Waals surface area contributed by atoms with Crippen molar-refractivity contribution in [2.24, 2.45) is 23.7 Å². The van der Waals surface area contributed by atoms with Crippen LogP contribution in [-0.4, -0.2) is 12.1 Å². The van der Waals surface area contributed by atoms with Gasteiger partial charge >= 0.3 is 0 Å². The van der Waals surface area contributed by atoms with Gasteiger partial charge < -0.3 is 5.32 Å². The van der Waals surface area contributed by atoms with Gasteiger partial charge in [-0.25, -0.2) is 0 Å². The van der Waals surface area contributed by atoms with Crippen LogP contribution in [0, 0.1) is 23.7 Å². The van der Waals surface area contributed by atoms with E-state index in [1.165, 1.54) is 96.3 Å². The molecule has 0 bridgehead atoms. The van der Waals surface area contributed by atoms with E-state index in [4.69, 9.17) is 0 Å². The average molecular weight is 346 g/mol. The van der Waals surface area contributed by atoms with Gasteiger partial charge in [0, 0.05) is 12.1 Å². The van der Waals surface area contributed by atoms with Gasteiger partial charge in [-0.2, -0.15) is 0 Å². The van der Waals surface area contributed by atoms with E-state index >= 15 is 0 Å². The first-order valence-corrected chi connectivity index (χ1v) is 12.2. The third-order valence-corrected chi connectivity index (χ3v) is 8.60. The molecular weight excluding hydrogens is 302 g/mol. The molecule has 1 heteroatoms. The van der Waals surface area contributed by atoms with E-state index in [1.807, 2.05) is 0 Å². The molecule has 1 N–H and O–H groups in total.